The van der Waals surface area contributed by atoms with Gasteiger partial charge in [0.15, 0.2) is 5.82 Å². The maximum Gasteiger partial charge on any atom is 0.408 e. The molecule has 11 heteroatoms. The molecule has 0 aliphatic carbocycles. The molecule has 0 fully saturated rings. The maximum atomic E-state index is 13.1. The van der Waals surface area contributed by atoms with Crippen molar-refractivity contribution in [2.24, 2.45) is 0 Å². The van der Waals surface area contributed by atoms with Crippen molar-refractivity contribution in [3.8, 4) is 0 Å². The SMILES string of the molecule is [C-]#[N+]CCn1nnnc1[C@@H](COCc1ccccc1)NC(=O)C(C)(C)NC(=O)OC(C)(C)C. The Balaban J connectivity index is 2.13. The van der Waals surface area contributed by atoms with Gasteiger partial charge in [-0.05, 0) is 50.6 Å². The molecule has 33 heavy (non-hydrogen) atoms. The second-order valence-electron chi connectivity index (χ2n) is 8.92. The lowest BCUT2D eigenvalue weighted by atomic mass is 10.0. The van der Waals surface area contributed by atoms with Crippen LogP contribution in [-0.4, -0.2) is 56.5 Å². The molecule has 2 amide bonds. The smallest absolute Gasteiger partial charge is 0.408 e. The van der Waals surface area contributed by atoms with E-state index in [9.17, 15) is 9.59 Å². The summed E-state index contributed by atoms with van der Waals surface area (Å²) in [6.45, 7) is 16.2. The molecule has 0 aliphatic rings. The van der Waals surface area contributed by atoms with Crippen molar-refractivity contribution < 1.29 is 19.1 Å². The van der Waals surface area contributed by atoms with E-state index in [-0.39, 0.29) is 19.7 Å². The average Bonchev–Trinajstić information content (AvgIpc) is 3.18. The fraction of sp³-hybridized carbons (Fsp3) is 0.545. The van der Waals surface area contributed by atoms with Crippen molar-refractivity contribution in [2.45, 2.75) is 65.0 Å². The van der Waals surface area contributed by atoms with Crippen LogP contribution in [0.5, 0.6) is 0 Å². The lowest BCUT2D eigenvalue weighted by Gasteiger charge is -2.29. The number of nitrogens with one attached hydrogen (secondary N) is 2. The Labute approximate surface area is 193 Å². The number of alkyl carbamates (subject to hydrolysis) is 1. The highest BCUT2D eigenvalue weighted by Gasteiger charge is 2.34. The molecule has 1 aromatic heterocycles. The number of ether oxygens (including phenoxy) is 2. The number of hydrogen-bond donors (Lipinski definition) is 2. The van der Waals surface area contributed by atoms with E-state index in [0.717, 1.165) is 5.56 Å². The molecule has 11 nitrogen and oxygen atoms in total. The molecule has 0 radical (unpaired) electrons. The van der Waals surface area contributed by atoms with Crippen LogP contribution in [0.4, 0.5) is 4.79 Å². The van der Waals surface area contributed by atoms with Crippen LogP contribution in [0.3, 0.4) is 0 Å². The molecule has 2 aromatic rings. The second kappa shape index (κ2) is 11.4. The predicted octanol–water partition coefficient (Wildman–Crippen LogP) is 2.27. The molecule has 1 heterocycles. The number of tetrazole rings is 1. The quantitative estimate of drug-likeness (QED) is 0.524. The molecule has 0 aliphatic heterocycles. The van der Waals surface area contributed by atoms with Gasteiger partial charge in [-0.2, -0.15) is 0 Å². The lowest BCUT2D eigenvalue weighted by Crippen LogP contribution is -2.56. The van der Waals surface area contributed by atoms with E-state index >= 15 is 0 Å². The fourth-order valence-corrected chi connectivity index (χ4v) is 2.77. The van der Waals surface area contributed by atoms with Crippen LogP contribution in [-0.2, 0) is 27.4 Å². The highest BCUT2D eigenvalue weighted by Crippen LogP contribution is 2.15. The van der Waals surface area contributed by atoms with Gasteiger partial charge in [0.1, 0.15) is 23.7 Å². The van der Waals surface area contributed by atoms with Crippen molar-refractivity contribution in [1.82, 2.24) is 30.8 Å². The number of amides is 2. The van der Waals surface area contributed by atoms with Crippen molar-refractivity contribution in [2.75, 3.05) is 13.2 Å². The molecule has 2 rings (SSSR count). The molecular formula is C22H31N7O4. The number of rotatable bonds is 10. The van der Waals surface area contributed by atoms with Gasteiger partial charge in [0.2, 0.25) is 12.5 Å². The van der Waals surface area contributed by atoms with E-state index in [4.69, 9.17) is 16.0 Å². The minimum absolute atomic E-state index is 0.0849. The Morgan fingerprint density at radius 3 is 2.52 bits per heavy atom. The van der Waals surface area contributed by atoms with Crippen molar-refractivity contribution in [3.63, 3.8) is 0 Å². The van der Waals surface area contributed by atoms with Gasteiger partial charge in [-0.3, -0.25) is 4.79 Å². The standard InChI is InChI=1S/C22H31N7O4/c1-21(2,3)33-20(31)25-22(4,5)19(30)24-17(15-32-14-16-10-8-7-9-11-16)18-26-27-28-29(18)13-12-23-6/h7-11,17H,12-15H2,1-5H3,(H,24,30)(H,25,31)/t17-/m1/s1. The van der Waals surface area contributed by atoms with Crippen LogP contribution in [0, 0.1) is 6.57 Å². The molecular weight excluding hydrogens is 426 g/mol. The van der Waals surface area contributed by atoms with Crippen molar-refractivity contribution in [3.05, 3.63) is 53.1 Å². The summed E-state index contributed by atoms with van der Waals surface area (Å²) < 4.78 is 12.5. The number of benzene rings is 1. The molecule has 0 unspecified atom stereocenters. The van der Waals surface area contributed by atoms with Gasteiger partial charge in [0.25, 0.3) is 0 Å². The van der Waals surface area contributed by atoms with Gasteiger partial charge >= 0.3 is 6.09 Å². The van der Waals surface area contributed by atoms with Gasteiger partial charge in [-0.25, -0.2) is 16.0 Å². The molecule has 2 N–H and O–H groups in total. The summed E-state index contributed by atoms with van der Waals surface area (Å²) in [5.74, 6) is -0.116. The Bertz CT molecular complexity index is 961. The van der Waals surface area contributed by atoms with Gasteiger partial charge in [0.05, 0.1) is 13.2 Å². The highest BCUT2D eigenvalue weighted by atomic mass is 16.6. The van der Waals surface area contributed by atoms with Crippen LogP contribution in [0.2, 0.25) is 0 Å². The average molecular weight is 458 g/mol. The zero-order valence-corrected chi connectivity index (χ0v) is 19.7. The number of hydrogen-bond acceptors (Lipinski definition) is 7. The van der Waals surface area contributed by atoms with E-state index in [1.54, 1.807) is 34.6 Å². The van der Waals surface area contributed by atoms with E-state index in [2.05, 4.69) is 31.0 Å². The van der Waals surface area contributed by atoms with E-state index < -0.39 is 29.2 Å². The number of carbonyl (C=O) groups is 2. The first-order valence-corrected chi connectivity index (χ1v) is 10.5. The van der Waals surface area contributed by atoms with Crippen molar-refractivity contribution in [1.29, 1.82) is 0 Å². The Morgan fingerprint density at radius 2 is 1.88 bits per heavy atom. The Kier molecular flexibility index (Phi) is 8.87. The maximum absolute atomic E-state index is 13.1. The van der Waals surface area contributed by atoms with Crippen molar-refractivity contribution >= 4 is 12.0 Å². The summed E-state index contributed by atoms with van der Waals surface area (Å²) >= 11 is 0. The predicted molar refractivity (Wildman–Crippen MR) is 120 cm³/mol. The largest absolute Gasteiger partial charge is 0.444 e. The summed E-state index contributed by atoms with van der Waals surface area (Å²) in [5, 5.41) is 17.1. The summed E-state index contributed by atoms with van der Waals surface area (Å²) in [5.41, 5.74) is -1.01. The first-order valence-electron chi connectivity index (χ1n) is 10.5. The van der Waals surface area contributed by atoms with Crippen LogP contribution < -0.4 is 10.6 Å². The van der Waals surface area contributed by atoms with Gasteiger partial charge in [-0.1, -0.05) is 30.3 Å². The Hall–Kier alpha value is -3.52. The van der Waals surface area contributed by atoms with Crippen LogP contribution in [0.25, 0.3) is 4.85 Å². The summed E-state index contributed by atoms with van der Waals surface area (Å²) in [6.07, 6.45) is -0.707. The van der Waals surface area contributed by atoms with E-state index in [1.165, 1.54) is 4.68 Å². The molecule has 0 saturated heterocycles. The van der Waals surface area contributed by atoms with Crippen LogP contribution in [0.15, 0.2) is 30.3 Å². The van der Waals surface area contributed by atoms with Gasteiger partial charge < -0.3 is 25.0 Å². The normalized spacial score (nSPS) is 12.5. The van der Waals surface area contributed by atoms with Crippen LogP contribution in [0.1, 0.15) is 52.0 Å². The number of aromatic nitrogens is 4. The van der Waals surface area contributed by atoms with Gasteiger partial charge in [0, 0.05) is 0 Å². The third-order valence-electron chi connectivity index (χ3n) is 4.38. The minimum Gasteiger partial charge on any atom is -0.444 e. The number of nitrogens with zero attached hydrogens (tertiary/aromatic N) is 5. The number of carbonyl (C=O) groups excluding carboxylic acids is 2. The molecule has 0 saturated carbocycles. The molecule has 0 spiro atoms. The summed E-state index contributed by atoms with van der Waals surface area (Å²) in [7, 11) is 0. The molecule has 0 bridgehead atoms. The fourth-order valence-electron chi connectivity index (χ4n) is 2.77. The third-order valence-corrected chi connectivity index (χ3v) is 4.38. The lowest BCUT2D eigenvalue weighted by molar-refractivity contribution is -0.127. The zero-order valence-electron chi connectivity index (χ0n) is 19.7. The third kappa shape index (κ3) is 8.50. The van der Waals surface area contributed by atoms with Gasteiger partial charge in [-0.15, -0.1) is 5.10 Å². The first-order chi connectivity index (χ1) is 15.5. The van der Waals surface area contributed by atoms with Crippen LogP contribution >= 0.6 is 0 Å². The topological polar surface area (TPSA) is 125 Å². The summed E-state index contributed by atoms with van der Waals surface area (Å²) in [6, 6.07) is 8.89. The zero-order chi connectivity index (χ0) is 24.5. The minimum atomic E-state index is -1.28. The second-order valence-corrected chi connectivity index (χ2v) is 8.92. The van der Waals surface area contributed by atoms with E-state index in [1.807, 2.05) is 30.3 Å². The first kappa shape index (κ1) is 25.7. The van der Waals surface area contributed by atoms with E-state index in [0.29, 0.717) is 12.4 Å². The monoisotopic (exact) mass is 457 g/mol. The molecule has 1 atom stereocenters. The highest BCUT2D eigenvalue weighted by molar-refractivity contribution is 5.89. The summed E-state index contributed by atoms with van der Waals surface area (Å²) in [4.78, 5) is 28.6. The molecule has 1 aromatic carbocycles. The Morgan fingerprint density at radius 1 is 1.18 bits per heavy atom. The molecule has 178 valence electrons.